The Hall–Kier alpha value is -3.15. The van der Waals surface area contributed by atoms with Crippen molar-refractivity contribution < 1.29 is 28.6 Å². The zero-order valence-electron chi connectivity index (χ0n) is 39.2. The van der Waals surface area contributed by atoms with E-state index in [1.165, 1.54) is 109 Å². The van der Waals surface area contributed by atoms with Crippen molar-refractivity contribution in [2.45, 2.75) is 239 Å². The summed E-state index contributed by atoms with van der Waals surface area (Å²) < 4.78 is 16.7. The van der Waals surface area contributed by atoms with Gasteiger partial charge in [0.1, 0.15) is 13.2 Å². The van der Waals surface area contributed by atoms with Gasteiger partial charge in [-0.3, -0.25) is 14.4 Å². The van der Waals surface area contributed by atoms with Gasteiger partial charge in [-0.1, -0.05) is 190 Å². The van der Waals surface area contributed by atoms with Crippen molar-refractivity contribution in [2.75, 3.05) is 13.2 Å². The van der Waals surface area contributed by atoms with Crippen LogP contribution >= 0.6 is 0 Å². The molecule has 0 aliphatic heterocycles. The van der Waals surface area contributed by atoms with E-state index in [2.05, 4.69) is 93.7 Å². The van der Waals surface area contributed by atoms with E-state index >= 15 is 0 Å². The Morgan fingerprint density at radius 3 is 0.967 bits per heavy atom. The van der Waals surface area contributed by atoms with Gasteiger partial charge in [0.2, 0.25) is 0 Å². The van der Waals surface area contributed by atoms with Gasteiger partial charge in [0.15, 0.2) is 6.10 Å². The fraction of sp³-hybridized carbons (Fsp3) is 0.722. The predicted molar refractivity (Wildman–Crippen MR) is 256 cm³/mol. The highest BCUT2D eigenvalue weighted by atomic mass is 16.6. The topological polar surface area (TPSA) is 78.9 Å². The Bertz CT molecular complexity index is 1140. The van der Waals surface area contributed by atoms with Gasteiger partial charge in [-0.05, 0) is 96.3 Å². The van der Waals surface area contributed by atoms with E-state index in [0.29, 0.717) is 19.3 Å². The summed E-state index contributed by atoms with van der Waals surface area (Å²) in [6.07, 6.45) is 60.2. The summed E-state index contributed by atoms with van der Waals surface area (Å²) in [6.45, 7) is 6.50. The maximum atomic E-state index is 12.8. The summed E-state index contributed by atoms with van der Waals surface area (Å²) in [5.41, 5.74) is 0. The molecule has 0 aromatic carbocycles. The molecule has 0 heterocycles. The zero-order chi connectivity index (χ0) is 43.7. The predicted octanol–water partition coefficient (Wildman–Crippen LogP) is 16.3. The first-order valence-electron chi connectivity index (χ1n) is 24.9. The lowest BCUT2D eigenvalue weighted by atomic mass is 10.0. The van der Waals surface area contributed by atoms with Crippen LogP contribution in [0.1, 0.15) is 233 Å². The Balaban J connectivity index is 4.51. The largest absolute Gasteiger partial charge is 0.462 e. The zero-order valence-corrected chi connectivity index (χ0v) is 39.2. The summed E-state index contributed by atoms with van der Waals surface area (Å²) >= 11 is 0. The van der Waals surface area contributed by atoms with Gasteiger partial charge in [0, 0.05) is 19.3 Å². The third kappa shape index (κ3) is 45.9. The first kappa shape index (κ1) is 56.9. The molecule has 0 fully saturated rings. The molecular weight excluding hydrogens is 745 g/mol. The second-order valence-electron chi connectivity index (χ2n) is 16.4. The van der Waals surface area contributed by atoms with Crippen LogP contribution in [0.2, 0.25) is 0 Å². The van der Waals surface area contributed by atoms with Crippen molar-refractivity contribution in [1.82, 2.24) is 0 Å². The molecule has 1 atom stereocenters. The van der Waals surface area contributed by atoms with Crippen LogP contribution in [-0.2, 0) is 28.6 Å². The van der Waals surface area contributed by atoms with E-state index in [9.17, 15) is 14.4 Å². The minimum atomic E-state index is -0.808. The minimum Gasteiger partial charge on any atom is -0.462 e. The van der Waals surface area contributed by atoms with Crippen molar-refractivity contribution in [3.8, 4) is 0 Å². The average Bonchev–Trinajstić information content (AvgIpc) is 3.24. The summed E-state index contributed by atoms with van der Waals surface area (Å²) in [4.78, 5) is 37.9. The van der Waals surface area contributed by atoms with Crippen LogP contribution < -0.4 is 0 Å². The molecule has 0 aliphatic carbocycles. The van der Waals surface area contributed by atoms with E-state index in [4.69, 9.17) is 14.2 Å². The number of allylic oxidation sites excluding steroid dienone is 12. The lowest BCUT2D eigenvalue weighted by molar-refractivity contribution is -0.167. The van der Waals surface area contributed by atoms with Crippen LogP contribution in [0.4, 0.5) is 0 Å². The van der Waals surface area contributed by atoms with Gasteiger partial charge in [-0.15, -0.1) is 0 Å². The number of ether oxygens (including phenoxy) is 3. The Labute approximate surface area is 370 Å². The number of carbonyl (C=O) groups is 3. The highest BCUT2D eigenvalue weighted by Crippen LogP contribution is 2.14. The van der Waals surface area contributed by atoms with Crippen LogP contribution in [0.3, 0.4) is 0 Å². The molecular formula is C54H92O6. The third-order valence-corrected chi connectivity index (χ3v) is 10.4. The van der Waals surface area contributed by atoms with Crippen molar-refractivity contribution >= 4 is 17.9 Å². The molecule has 0 rings (SSSR count). The lowest BCUT2D eigenvalue weighted by Gasteiger charge is -2.18. The molecule has 0 saturated carbocycles. The number of hydrogen-bond acceptors (Lipinski definition) is 6. The number of hydrogen-bond donors (Lipinski definition) is 0. The highest BCUT2D eigenvalue weighted by molar-refractivity contribution is 5.71. The van der Waals surface area contributed by atoms with Crippen LogP contribution in [0.5, 0.6) is 0 Å². The van der Waals surface area contributed by atoms with E-state index in [0.717, 1.165) is 77.0 Å². The second-order valence-corrected chi connectivity index (χ2v) is 16.4. The fourth-order valence-corrected chi connectivity index (χ4v) is 6.63. The summed E-state index contributed by atoms with van der Waals surface area (Å²) in [5.74, 6) is -0.981. The maximum Gasteiger partial charge on any atom is 0.306 e. The Kier molecular flexibility index (Phi) is 46.0. The van der Waals surface area contributed by atoms with Gasteiger partial charge in [0.05, 0.1) is 0 Å². The van der Waals surface area contributed by atoms with Gasteiger partial charge in [-0.25, -0.2) is 0 Å². The molecule has 0 bridgehead atoms. The number of unbranched alkanes of at least 4 members (excludes halogenated alkanes) is 21. The van der Waals surface area contributed by atoms with E-state index in [1.807, 2.05) is 0 Å². The van der Waals surface area contributed by atoms with Crippen molar-refractivity contribution in [2.24, 2.45) is 0 Å². The maximum absolute atomic E-state index is 12.8. The summed E-state index contributed by atoms with van der Waals surface area (Å²) in [5, 5.41) is 0. The quantitative estimate of drug-likeness (QED) is 0.0263. The van der Waals surface area contributed by atoms with Gasteiger partial charge in [0.25, 0.3) is 0 Å². The highest BCUT2D eigenvalue weighted by Gasteiger charge is 2.19. The van der Waals surface area contributed by atoms with E-state index in [-0.39, 0.29) is 37.5 Å². The van der Waals surface area contributed by atoms with Crippen LogP contribution in [-0.4, -0.2) is 37.2 Å². The molecule has 0 aromatic rings. The molecule has 0 unspecified atom stereocenters. The van der Waals surface area contributed by atoms with Crippen LogP contribution in [0.25, 0.3) is 0 Å². The number of esters is 3. The monoisotopic (exact) mass is 837 g/mol. The van der Waals surface area contributed by atoms with Gasteiger partial charge >= 0.3 is 17.9 Å². The molecule has 0 saturated heterocycles. The van der Waals surface area contributed by atoms with Crippen LogP contribution in [0, 0.1) is 0 Å². The first-order chi connectivity index (χ1) is 29.5. The van der Waals surface area contributed by atoms with Crippen molar-refractivity contribution in [3.05, 3.63) is 72.9 Å². The first-order valence-corrected chi connectivity index (χ1v) is 24.9. The molecule has 344 valence electrons. The van der Waals surface area contributed by atoms with Crippen molar-refractivity contribution in [1.29, 1.82) is 0 Å². The van der Waals surface area contributed by atoms with Gasteiger partial charge < -0.3 is 14.2 Å². The Morgan fingerprint density at radius 2 is 0.600 bits per heavy atom. The second kappa shape index (κ2) is 48.5. The average molecular weight is 837 g/mol. The normalized spacial score (nSPS) is 12.7. The smallest absolute Gasteiger partial charge is 0.306 e. The molecule has 60 heavy (non-hydrogen) atoms. The molecule has 0 amide bonds. The summed E-state index contributed by atoms with van der Waals surface area (Å²) in [6, 6.07) is 0. The number of carbonyl (C=O) groups excluding carboxylic acids is 3. The van der Waals surface area contributed by atoms with Gasteiger partial charge in [-0.2, -0.15) is 0 Å². The molecule has 0 aliphatic rings. The fourth-order valence-electron chi connectivity index (χ4n) is 6.63. The lowest BCUT2D eigenvalue weighted by Crippen LogP contribution is -2.30. The Morgan fingerprint density at radius 1 is 0.333 bits per heavy atom. The molecule has 0 aromatic heterocycles. The summed E-state index contributed by atoms with van der Waals surface area (Å²) in [7, 11) is 0. The molecule has 0 radical (unpaired) electrons. The van der Waals surface area contributed by atoms with Crippen LogP contribution in [0.15, 0.2) is 72.9 Å². The minimum absolute atomic E-state index is 0.102. The standard InChI is InChI=1S/C54H92O6/c1-4-7-10-13-16-19-22-25-27-29-32-35-38-41-44-47-53(56)59-50-51(49-58-52(55)46-43-40-37-34-31-24-21-18-15-12-9-6-3)60-54(57)48-45-42-39-36-33-30-28-26-23-20-17-14-11-8-5-2/h16-17,19-20,25-28,32-33,35-36,51H,4-15,18,21-24,29-31,34,37-50H2,1-3H3/b19-16-,20-17-,27-25-,28-26-,35-32-,36-33-/t51-/m1/s1. The molecule has 0 N–H and O–H groups in total. The molecule has 6 nitrogen and oxygen atoms in total. The number of rotatable bonds is 44. The molecule has 0 spiro atoms. The third-order valence-electron chi connectivity index (χ3n) is 10.4. The van der Waals surface area contributed by atoms with E-state index < -0.39 is 6.10 Å². The SMILES string of the molecule is CCCCC/C=C\C/C=C\C/C=C\CCCCC(=O)OC[C@@H](COC(=O)CCCCCCCCCCCCCC)OC(=O)CCCC/C=C\C/C=C\C/C=C\CCCCC. The molecule has 6 heteroatoms. The van der Waals surface area contributed by atoms with E-state index in [1.54, 1.807) is 0 Å². The van der Waals surface area contributed by atoms with Crippen molar-refractivity contribution in [3.63, 3.8) is 0 Å².